The lowest BCUT2D eigenvalue weighted by atomic mass is 9.81. The summed E-state index contributed by atoms with van der Waals surface area (Å²) in [6.45, 7) is 6.42. The molecule has 0 radical (unpaired) electrons. The quantitative estimate of drug-likeness (QED) is 0.717. The molecule has 0 aliphatic heterocycles. The lowest BCUT2D eigenvalue weighted by molar-refractivity contribution is -0.114. The van der Waals surface area contributed by atoms with E-state index in [2.05, 4.69) is 29.6 Å². The normalized spacial score (nSPS) is 23.6. The highest BCUT2D eigenvalue weighted by atomic mass is 16.5. The number of carbonyl (C=O) groups is 1. The minimum absolute atomic E-state index is 0.131. The second-order valence-corrected chi connectivity index (χ2v) is 7.67. The van der Waals surface area contributed by atoms with Crippen LogP contribution in [0.25, 0.3) is 10.9 Å². The Morgan fingerprint density at radius 3 is 2.68 bits per heavy atom. The van der Waals surface area contributed by atoms with Crippen molar-refractivity contribution in [1.29, 1.82) is 0 Å². The molecular weight excluding hydrogens is 312 g/mol. The maximum atomic E-state index is 11.5. The van der Waals surface area contributed by atoms with Gasteiger partial charge in [-0.15, -0.1) is 0 Å². The summed E-state index contributed by atoms with van der Waals surface area (Å²) in [6.07, 6.45) is 8.89. The third-order valence-corrected chi connectivity index (χ3v) is 5.69. The molecule has 4 rings (SSSR count). The summed E-state index contributed by atoms with van der Waals surface area (Å²) in [5.74, 6) is 2.16. The predicted molar refractivity (Wildman–Crippen MR) is 98.8 cm³/mol. The van der Waals surface area contributed by atoms with Crippen molar-refractivity contribution in [3.05, 3.63) is 36.5 Å². The molecule has 0 saturated heterocycles. The fraction of sp³-hybridized carbons (Fsp3) is 0.524. The van der Waals surface area contributed by atoms with Gasteiger partial charge in [0.05, 0.1) is 18.2 Å². The molecule has 0 bridgehead atoms. The van der Waals surface area contributed by atoms with Crippen LogP contribution < -0.4 is 4.74 Å². The molecule has 4 nitrogen and oxygen atoms in total. The Labute approximate surface area is 148 Å². The number of fused-ring (bicyclic) bond motifs is 1. The van der Waals surface area contributed by atoms with E-state index in [1.165, 1.54) is 12.8 Å². The third kappa shape index (κ3) is 3.63. The van der Waals surface area contributed by atoms with E-state index in [9.17, 15) is 4.79 Å². The number of hydrogen-bond acceptors (Lipinski definition) is 3. The van der Waals surface area contributed by atoms with Crippen LogP contribution in [0.15, 0.2) is 36.5 Å². The van der Waals surface area contributed by atoms with Gasteiger partial charge in [0.15, 0.2) is 5.78 Å². The van der Waals surface area contributed by atoms with Crippen molar-refractivity contribution in [1.82, 2.24) is 9.78 Å². The smallest absolute Gasteiger partial charge is 0.155 e. The molecule has 0 amide bonds. The molecule has 2 fully saturated rings. The molecule has 2 saturated carbocycles. The summed E-state index contributed by atoms with van der Waals surface area (Å²) >= 11 is 0. The van der Waals surface area contributed by atoms with Crippen LogP contribution in [0.4, 0.5) is 0 Å². The van der Waals surface area contributed by atoms with Gasteiger partial charge < -0.3 is 4.74 Å². The van der Waals surface area contributed by atoms with E-state index in [-0.39, 0.29) is 5.78 Å². The van der Waals surface area contributed by atoms with E-state index in [0.717, 1.165) is 60.4 Å². The zero-order valence-corrected chi connectivity index (χ0v) is 14.9. The molecule has 0 spiro atoms. The van der Waals surface area contributed by atoms with Crippen molar-refractivity contribution in [2.45, 2.75) is 51.5 Å². The van der Waals surface area contributed by atoms with Gasteiger partial charge in [-0.25, -0.2) is 0 Å². The summed E-state index contributed by atoms with van der Waals surface area (Å²) in [5, 5.41) is 5.95. The summed E-state index contributed by atoms with van der Waals surface area (Å²) < 4.78 is 7.98. The number of ketones is 1. The Morgan fingerprint density at radius 1 is 1.24 bits per heavy atom. The number of aromatic nitrogens is 2. The molecule has 1 aromatic carbocycles. The van der Waals surface area contributed by atoms with Crippen LogP contribution in [0, 0.1) is 11.8 Å². The standard InChI is InChI=1S/C21H26N2O2/c1-14(15(2)24)17-5-8-19(9-6-17)23-12-18-7-10-20(11-21(18)22-23)25-13-16-3-4-16/h7,10-12,16-17,19H,1,3-6,8-9,13H2,2H3. The van der Waals surface area contributed by atoms with Gasteiger partial charge in [-0.1, -0.05) is 6.58 Å². The number of ether oxygens (including phenoxy) is 1. The molecule has 1 heterocycles. The van der Waals surface area contributed by atoms with Crippen LogP contribution in [0.2, 0.25) is 0 Å². The largest absolute Gasteiger partial charge is 0.493 e. The first-order valence-electron chi connectivity index (χ1n) is 9.41. The average Bonchev–Trinajstić information content (AvgIpc) is 3.36. The molecule has 1 aromatic heterocycles. The number of rotatable bonds is 6. The number of nitrogens with zero attached hydrogens (tertiary/aromatic N) is 2. The molecule has 132 valence electrons. The highest BCUT2D eigenvalue weighted by Gasteiger charge is 2.26. The summed E-state index contributed by atoms with van der Waals surface area (Å²) in [6, 6.07) is 6.62. The SMILES string of the molecule is C=C(C(C)=O)C1CCC(n2cc3ccc(OCC4CC4)cc3n2)CC1. The van der Waals surface area contributed by atoms with Crippen LogP contribution in [-0.4, -0.2) is 22.2 Å². The molecule has 4 heteroatoms. The molecule has 25 heavy (non-hydrogen) atoms. The van der Waals surface area contributed by atoms with Gasteiger partial charge in [0.25, 0.3) is 0 Å². The molecule has 0 atom stereocenters. The maximum Gasteiger partial charge on any atom is 0.155 e. The topological polar surface area (TPSA) is 44.1 Å². The van der Waals surface area contributed by atoms with Crippen LogP contribution in [0.1, 0.15) is 51.5 Å². The number of allylic oxidation sites excluding steroid dienone is 1. The minimum Gasteiger partial charge on any atom is -0.493 e. The second kappa shape index (κ2) is 6.66. The number of benzene rings is 1. The molecule has 2 aliphatic carbocycles. The Hall–Kier alpha value is -2.10. The van der Waals surface area contributed by atoms with E-state index in [1.807, 2.05) is 6.07 Å². The lowest BCUT2D eigenvalue weighted by Gasteiger charge is -2.29. The minimum atomic E-state index is 0.131. The van der Waals surface area contributed by atoms with Gasteiger partial charge in [0, 0.05) is 17.6 Å². The lowest BCUT2D eigenvalue weighted by Crippen LogP contribution is -2.21. The van der Waals surface area contributed by atoms with Gasteiger partial charge in [0.1, 0.15) is 5.75 Å². The van der Waals surface area contributed by atoms with Crippen LogP contribution in [0.3, 0.4) is 0 Å². The van der Waals surface area contributed by atoms with Gasteiger partial charge in [0.2, 0.25) is 0 Å². The monoisotopic (exact) mass is 338 g/mol. The Kier molecular flexibility index (Phi) is 4.36. The van der Waals surface area contributed by atoms with E-state index in [1.54, 1.807) is 6.92 Å². The van der Waals surface area contributed by atoms with Crippen molar-refractivity contribution >= 4 is 16.7 Å². The van der Waals surface area contributed by atoms with Crippen molar-refractivity contribution in [3.63, 3.8) is 0 Å². The molecule has 2 aromatic rings. The predicted octanol–water partition coefficient (Wildman–Crippen LogP) is 4.70. The summed E-state index contributed by atoms with van der Waals surface area (Å²) in [4.78, 5) is 11.5. The number of carbonyl (C=O) groups excluding carboxylic acids is 1. The first-order valence-corrected chi connectivity index (χ1v) is 9.41. The first kappa shape index (κ1) is 16.4. The molecule has 0 N–H and O–H groups in total. The van der Waals surface area contributed by atoms with E-state index < -0.39 is 0 Å². The van der Waals surface area contributed by atoms with Crippen molar-refractivity contribution in [2.75, 3.05) is 6.61 Å². The fourth-order valence-electron chi connectivity index (χ4n) is 3.77. The Bertz CT molecular complexity index is 795. The zero-order valence-electron chi connectivity index (χ0n) is 14.9. The molecule has 2 aliphatic rings. The van der Waals surface area contributed by atoms with Gasteiger partial charge in [-0.2, -0.15) is 5.10 Å². The van der Waals surface area contributed by atoms with Gasteiger partial charge in [-0.05, 0) is 75.0 Å². The highest BCUT2D eigenvalue weighted by molar-refractivity contribution is 5.93. The van der Waals surface area contributed by atoms with E-state index in [0.29, 0.717) is 12.0 Å². The van der Waals surface area contributed by atoms with Crippen molar-refractivity contribution in [2.24, 2.45) is 11.8 Å². The first-order chi connectivity index (χ1) is 12.1. The average molecular weight is 338 g/mol. The van der Waals surface area contributed by atoms with Crippen LogP contribution in [0.5, 0.6) is 5.75 Å². The van der Waals surface area contributed by atoms with Crippen molar-refractivity contribution < 1.29 is 9.53 Å². The van der Waals surface area contributed by atoms with Crippen LogP contribution >= 0.6 is 0 Å². The highest BCUT2D eigenvalue weighted by Crippen LogP contribution is 2.36. The third-order valence-electron chi connectivity index (χ3n) is 5.69. The van der Waals surface area contributed by atoms with Gasteiger partial charge >= 0.3 is 0 Å². The van der Waals surface area contributed by atoms with Crippen LogP contribution in [-0.2, 0) is 4.79 Å². The molecule has 0 unspecified atom stereocenters. The maximum absolute atomic E-state index is 11.5. The number of Topliss-reactive ketones (excluding diaryl/α,β-unsaturated/α-hetero) is 1. The van der Waals surface area contributed by atoms with E-state index >= 15 is 0 Å². The Balaban J connectivity index is 1.43. The zero-order chi connectivity index (χ0) is 17.4. The molecular formula is C21H26N2O2. The Morgan fingerprint density at radius 2 is 2.00 bits per heavy atom. The summed E-state index contributed by atoms with van der Waals surface area (Å²) in [5.41, 5.74) is 1.80. The second-order valence-electron chi connectivity index (χ2n) is 7.67. The van der Waals surface area contributed by atoms with Gasteiger partial charge in [-0.3, -0.25) is 9.48 Å². The fourth-order valence-corrected chi connectivity index (χ4v) is 3.77. The number of hydrogen-bond donors (Lipinski definition) is 0. The summed E-state index contributed by atoms with van der Waals surface area (Å²) in [7, 11) is 0. The van der Waals surface area contributed by atoms with Crippen molar-refractivity contribution in [3.8, 4) is 5.75 Å². The van der Waals surface area contributed by atoms with E-state index in [4.69, 9.17) is 9.84 Å².